The van der Waals surface area contributed by atoms with Gasteiger partial charge in [0.25, 0.3) is 0 Å². The molecule has 17 heavy (non-hydrogen) atoms. The van der Waals surface area contributed by atoms with Gasteiger partial charge in [0.15, 0.2) is 5.79 Å². The van der Waals surface area contributed by atoms with Crippen molar-refractivity contribution in [3.63, 3.8) is 0 Å². The molecule has 0 bridgehead atoms. The second-order valence-corrected chi connectivity index (χ2v) is 4.12. The molecule has 0 aromatic carbocycles. The number of nitrogen functional groups attached to an aromatic ring is 1. The number of ether oxygens (including phenoxy) is 2. The summed E-state index contributed by atoms with van der Waals surface area (Å²) in [5.74, 6) is -0.366. The van der Waals surface area contributed by atoms with Crippen molar-refractivity contribution in [1.29, 1.82) is 0 Å². The van der Waals surface area contributed by atoms with E-state index < -0.39 is 5.79 Å². The largest absolute Gasteiger partial charge is 0.368 e. The number of imidazole rings is 1. The Morgan fingerprint density at radius 2 is 1.59 bits per heavy atom. The van der Waals surface area contributed by atoms with Gasteiger partial charge < -0.3 is 15.2 Å². The molecule has 1 saturated heterocycles. The lowest BCUT2D eigenvalue weighted by atomic mass is 10.1. The molecule has 2 heterocycles. The second kappa shape index (κ2) is 3.65. The summed E-state index contributed by atoms with van der Waals surface area (Å²) in [4.78, 5) is 8.26. The Hall–Kier alpha value is -1.72. The van der Waals surface area contributed by atoms with Crippen molar-refractivity contribution < 1.29 is 9.47 Å². The Morgan fingerprint density at radius 1 is 1.06 bits per heavy atom. The van der Waals surface area contributed by atoms with Crippen molar-refractivity contribution in [2.24, 2.45) is 0 Å². The molecule has 0 spiro atoms. The van der Waals surface area contributed by atoms with Crippen LogP contribution in [0, 0.1) is 0 Å². The Labute approximate surface area is 98.9 Å². The first-order chi connectivity index (χ1) is 8.17. The average molecular weight is 231 g/mol. The zero-order chi connectivity index (χ0) is 11.9. The van der Waals surface area contributed by atoms with E-state index in [4.69, 9.17) is 15.2 Å². The van der Waals surface area contributed by atoms with Crippen LogP contribution in [0.4, 0.5) is 5.95 Å². The summed E-state index contributed by atoms with van der Waals surface area (Å²) < 4.78 is 11.2. The van der Waals surface area contributed by atoms with Gasteiger partial charge in [-0.2, -0.15) is 0 Å². The first-order valence-corrected chi connectivity index (χ1v) is 5.49. The standard InChI is InChI=1S/C12H13N3O2/c1-12(16-6-7-17-12)8-2-4-9-10(5-3-8)15-11(13)14-9/h2-5H,6-7H2,1H3,(H2,13,14,15). The van der Waals surface area contributed by atoms with Crippen molar-refractivity contribution in [3.8, 4) is 11.4 Å². The zero-order valence-electron chi connectivity index (χ0n) is 9.51. The van der Waals surface area contributed by atoms with E-state index >= 15 is 0 Å². The number of hydrogen-bond donors (Lipinski definition) is 1. The third kappa shape index (κ3) is 1.73. The normalized spacial score (nSPS) is 18.6. The predicted molar refractivity (Wildman–Crippen MR) is 62.3 cm³/mol. The lowest BCUT2D eigenvalue weighted by Gasteiger charge is -2.21. The molecule has 0 atom stereocenters. The van der Waals surface area contributed by atoms with Gasteiger partial charge in [0, 0.05) is 5.56 Å². The smallest absolute Gasteiger partial charge is 0.221 e. The molecule has 2 aliphatic heterocycles. The molecule has 0 radical (unpaired) electrons. The molecule has 0 saturated carbocycles. The molecule has 5 nitrogen and oxygen atoms in total. The average Bonchev–Trinajstić information content (AvgIpc) is 2.82. The van der Waals surface area contributed by atoms with E-state index in [0.29, 0.717) is 19.2 Å². The van der Waals surface area contributed by atoms with E-state index in [0.717, 1.165) is 17.0 Å². The first-order valence-electron chi connectivity index (χ1n) is 5.49. The van der Waals surface area contributed by atoms with Crippen LogP contribution in [0.1, 0.15) is 12.5 Å². The minimum atomic E-state index is -0.665. The number of anilines is 1. The fourth-order valence-electron chi connectivity index (χ4n) is 2.01. The predicted octanol–water partition coefficient (Wildman–Crippen LogP) is 1.38. The van der Waals surface area contributed by atoms with Crippen LogP contribution in [0.2, 0.25) is 0 Å². The molecule has 3 rings (SSSR count). The lowest BCUT2D eigenvalue weighted by Crippen LogP contribution is -2.21. The highest BCUT2D eigenvalue weighted by Crippen LogP contribution is 2.31. The van der Waals surface area contributed by atoms with Gasteiger partial charge in [-0.25, -0.2) is 9.97 Å². The van der Waals surface area contributed by atoms with Crippen molar-refractivity contribution >= 4 is 5.95 Å². The molecule has 1 aliphatic carbocycles. The van der Waals surface area contributed by atoms with Crippen LogP contribution in [0.25, 0.3) is 11.4 Å². The fourth-order valence-corrected chi connectivity index (χ4v) is 2.01. The Bertz CT molecular complexity index is 490. The van der Waals surface area contributed by atoms with Crippen LogP contribution >= 0.6 is 0 Å². The molecule has 2 N–H and O–H groups in total. The number of rotatable bonds is 1. The van der Waals surface area contributed by atoms with Gasteiger partial charge in [-0.3, -0.25) is 0 Å². The van der Waals surface area contributed by atoms with Gasteiger partial charge in [-0.1, -0.05) is 12.1 Å². The molecule has 0 amide bonds. The van der Waals surface area contributed by atoms with Gasteiger partial charge >= 0.3 is 0 Å². The van der Waals surface area contributed by atoms with Gasteiger partial charge in [-0.15, -0.1) is 0 Å². The summed E-state index contributed by atoms with van der Waals surface area (Å²) >= 11 is 0. The fraction of sp³-hybridized carbons (Fsp3) is 0.333. The molecule has 0 aromatic heterocycles. The molecule has 0 aromatic rings. The van der Waals surface area contributed by atoms with Crippen molar-refractivity contribution in [2.75, 3.05) is 18.9 Å². The summed E-state index contributed by atoms with van der Waals surface area (Å²) in [5, 5.41) is 0. The molecule has 88 valence electrons. The molecule has 3 aliphatic rings. The number of hydrogen-bond acceptors (Lipinski definition) is 5. The quantitative estimate of drug-likeness (QED) is 0.803. The van der Waals surface area contributed by atoms with E-state index in [1.54, 1.807) is 0 Å². The van der Waals surface area contributed by atoms with Crippen LogP contribution in [-0.2, 0) is 15.3 Å². The minimum Gasteiger partial charge on any atom is -0.368 e. The third-order valence-electron chi connectivity index (χ3n) is 2.94. The summed E-state index contributed by atoms with van der Waals surface area (Å²) in [5.41, 5.74) is 8.05. The maximum atomic E-state index is 5.61. The maximum Gasteiger partial charge on any atom is 0.221 e. The summed E-state index contributed by atoms with van der Waals surface area (Å²) in [6.07, 6.45) is 0. The molecular weight excluding hydrogens is 218 g/mol. The van der Waals surface area contributed by atoms with E-state index in [-0.39, 0.29) is 0 Å². The van der Waals surface area contributed by atoms with E-state index in [9.17, 15) is 0 Å². The van der Waals surface area contributed by atoms with Gasteiger partial charge in [0.05, 0.1) is 24.6 Å². The highest BCUT2D eigenvalue weighted by atomic mass is 16.7. The van der Waals surface area contributed by atoms with Crippen LogP contribution in [0.5, 0.6) is 0 Å². The highest BCUT2D eigenvalue weighted by molar-refractivity contribution is 5.59. The Balaban J connectivity index is 2.07. The number of nitrogens with two attached hydrogens (primary N) is 1. The van der Waals surface area contributed by atoms with Crippen LogP contribution in [0.3, 0.4) is 0 Å². The topological polar surface area (TPSA) is 70.3 Å². The number of aromatic nitrogens is 2. The van der Waals surface area contributed by atoms with E-state index in [1.807, 2.05) is 31.2 Å². The second-order valence-electron chi connectivity index (χ2n) is 4.12. The van der Waals surface area contributed by atoms with Crippen LogP contribution < -0.4 is 5.73 Å². The van der Waals surface area contributed by atoms with Gasteiger partial charge in [0.2, 0.25) is 5.95 Å². The van der Waals surface area contributed by atoms with Crippen molar-refractivity contribution in [3.05, 3.63) is 29.8 Å². The van der Waals surface area contributed by atoms with Crippen molar-refractivity contribution in [2.45, 2.75) is 12.7 Å². The van der Waals surface area contributed by atoms with Gasteiger partial charge in [-0.05, 0) is 19.1 Å². The molecule has 1 fully saturated rings. The molecule has 5 heteroatoms. The number of fused-ring (bicyclic) bond motifs is 1. The molecular formula is C12H13N3O2. The van der Waals surface area contributed by atoms with Crippen molar-refractivity contribution in [1.82, 2.24) is 9.97 Å². The van der Waals surface area contributed by atoms with Crippen LogP contribution in [-0.4, -0.2) is 23.2 Å². The Morgan fingerprint density at radius 3 is 2.12 bits per heavy atom. The maximum absolute atomic E-state index is 5.61. The van der Waals surface area contributed by atoms with E-state index in [1.165, 1.54) is 0 Å². The van der Waals surface area contributed by atoms with Crippen LogP contribution in [0.15, 0.2) is 24.3 Å². The monoisotopic (exact) mass is 231 g/mol. The Kier molecular flexibility index (Phi) is 2.24. The number of nitrogens with zero attached hydrogens (tertiary/aromatic N) is 2. The third-order valence-corrected chi connectivity index (χ3v) is 2.94. The minimum absolute atomic E-state index is 0.298. The van der Waals surface area contributed by atoms with Gasteiger partial charge in [0.1, 0.15) is 0 Å². The highest BCUT2D eigenvalue weighted by Gasteiger charge is 2.32. The summed E-state index contributed by atoms with van der Waals surface area (Å²) in [7, 11) is 0. The molecule has 0 unspecified atom stereocenters. The lowest BCUT2D eigenvalue weighted by molar-refractivity contribution is -0.149. The summed E-state index contributed by atoms with van der Waals surface area (Å²) in [6, 6.07) is 7.62. The first kappa shape index (κ1) is 10.4. The van der Waals surface area contributed by atoms with E-state index in [2.05, 4.69) is 9.97 Å². The SMILES string of the molecule is CC1(c2ccc3nc(N)nc-3cc2)OCCO1. The zero-order valence-corrected chi connectivity index (χ0v) is 9.51. The summed E-state index contributed by atoms with van der Waals surface area (Å²) in [6.45, 7) is 3.14.